The highest BCUT2D eigenvalue weighted by Gasteiger charge is 2.24. The lowest BCUT2D eigenvalue weighted by Crippen LogP contribution is -2.49. The van der Waals surface area contributed by atoms with Gasteiger partial charge < -0.3 is 9.47 Å². The van der Waals surface area contributed by atoms with E-state index in [-0.39, 0.29) is 0 Å². The zero-order valence-electron chi connectivity index (χ0n) is 15.3. The maximum atomic E-state index is 5.52. The molecule has 1 aliphatic carbocycles. The highest BCUT2D eigenvalue weighted by Crippen LogP contribution is 2.27. The van der Waals surface area contributed by atoms with E-state index in [1.54, 1.807) is 14.2 Å². The van der Waals surface area contributed by atoms with Crippen LogP contribution in [-0.4, -0.2) is 56.2 Å². The van der Waals surface area contributed by atoms with Gasteiger partial charge in [-0.15, -0.1) is 0 Å². The van der Waals surface area contributed by atoms with Crippen molar-refractivity contribution in [3.05, 3.63) is 23.8 Å². The number of piperazine rings is 1. The van der Waals surface area contributed by atoms with Gasteiger partial charge in [-0.05, 0) is 31.0 Å². The number of ether oxygens (including phenoxy) is 2. The number of hydrogen-bond donors (Lipinski definition) is 0. The topological polar surface area (TPSA) is 24.9 Å². The van der Waals surface area contributed by atoms with Crippen LogP contribution in [0.4, 0.5) is 0 Å². The van der Waals surface area contributed by atoms with Crippen LogP contribution < -0.4 is 9.47 Å². The van der Waals surface area contributed by atoms with Gasteiger partial charge in [0.25, 0.3) is 0 Å². The summed E-state index contributed by atoms with van der Waals surface area (Å²) < 4.78 is 10.9. The van der Waals surface area contributed by atoms with Crippen LogP contribution in [0.5, 0.6) is 11.5 Å². The Bertz CT molecular complexity index is 504. The summed E-state index contributed by atoms with van der Waals surface area (Å²) in [5.74, 6) is 1.87. The minimum absolute atomic E-state index is 0.834. The van der Waals surface area contributed by atoms with E-state index >= 15 is 0 Å². The van der Waals surface area contributed by atoms with Crippen LogP contribution in [0.3, 0.4) is 0 Å². The first-order valence-electron chi connectivity index (χ1n) is 9.47. The lowest BCUT2D eigenvalue weighted by atomic mass is 10.1. The van der Waals surface area contributed by atoms with Gasteiger partial charge in [0, 0.05) is 44.3 Å². The van der Waals surface area contributed by atoms with E-state index in [1.807, 2.05) is 12.1 Å². The standard InChI is InChI=1S/C20H32N2O2/c1-23-19-9-10-20(24-2)17(15-19)16-21-11-13-22(14-12-21)18-7-5-3-4-6-8-18/h9-10,15,18H,3-8,11-14,16H2,1-2H3. The lowest BCUT2D eigenvalue weighted by molar-refractivity contribution is 0.0846. The fourth-order valence-electron chi connectivity index (χ4n) is 4.16. The second kappa shape index (κ2) is 8.72. The predicted octanol–water partition coefficient (Wildman–Crippen LogP) is 3.54. The molecule has 4 heteroatoms. The molecule has 0 amide bonds. The molecule has 0 bridgehead atoms. The Kier molecular flexibility index (Phi) is 6.38. The van der Waals surface area contributed by atoms with E-state index < -0.39 is 0 Å². The minimum atomic E-state index is 0.834. The van der Waals surface area contributed by atoms with Crippen LogP contribution in [0.15, 0.2) is 18.2 Å². The zero-order chi connectivity index (χ0) is 16.8. The Hall–Kier alpha value is -1.26. The Balaban J connectivity index is 1.55. The van der Waals surface area contributed by atoms with Crippen LogP contribution in [0.1, 0.15) is 44.1 Å². The molecule has 2 fully saturated rings. The van der Waals surface area contributed by atoms with E-state index in [1.165, 1.54) is 57.2 Å². The first-order valence-corrected chi connectivity index (χ1v) is 9.47. The average Bonchev–Trinajstić information content (AvgIpc) is 2.92. The maximum Gasteiger partial charge on any atom is 0.123 e. The number of methoxy groups -OCH3 is 2. The second-order valence-electron chi connectivity index (χ2n) is 7.14. The van der Waals surface area contributed by atoms with Gasteiger partial charge in [-0.25, -0.2) is 0 Å². The van der Waals surface area contributed by atoms with Gasteiger partial charge in [0.1, 0.15) is 11.5 Å². The molecule has 0 N–H and O–H groups in total. The zero-order valence-corrected chi connectivity index (χ0v) is 15.3. The summed E-state index contributed by atoms with van der Waals surface area (Å²) in [7, 11) is 3.46. The molecule has 0 unspecified atom stereocenters. The van der Waals surface area contributed by atoms with Crippen molar-refractivity contribution in [2.45, 2.75) is 51.1 Å². The highest BCUT2D eigenvalue weighted by molar-refractivity contribution is 5.40. The van der Waals surface area contributed by atoms with E-state index in [9.17, 15) is 0 Å². The lowest BCUT2D eigenvalue weighted by Gasteiger charge is -2.39. The van der Waals surface area contributed by atoms with E-state index in [0.29, 0.717) is 0 Å². The van der Waals surface area contributed by atoms with Crippen LogP contribution in [0.2, 0.25) is 0 Å². The average molecular weight is 332 g/mol. The monoisotopic (exact) mass is 332 g/mol. The van der Waals surface area contributed by atoms with Gasteiger partial charge in [-0.1, -0.05) is 25.7 Å². The van der Waals surface area contributed by atoms with Crippen molar-refractivity contribution < 1.29 is 9.47 Å². The van der Waals surface area contributed by atoms with E-state index in [4.69, 9.17) is 9.47 Å². The maximum absolute atomic E-state index is 5.52. The summed E-state index contributed by atoms with van der Waals surface area (Å²) in [5, 5.41) is 0. The van der Waals surface area contributed by atoms with Gasteiger partial charge in [0.05, 0.1) is 14.2 Å². The van der Waals surface area contributed by atoms with Gasteiger partial charge in [-0.2, -0.15) is 0 Å². The molecule has 1 heterocycles. The molecule has 0 radical (unpaired) electrons. The van der Waals surface area contributed by atoms with Crippen LogP contribution in [-0.2, 0) is 6.54 Å². The van der Waals surface area contributed by atoms with Crippen molar-refractivity contribution in [2.75, 3.05) is 40.4 Å². The molecule has 1 saturated carbocycles. The van der Waals surface area contributed by atoms with Gasteiger partial charge in [0.15, 0.2) is 0 Å². The Morgan fingerprint density at radius 1 is 0.917 bits per heavy atom. The van der Waals surface area contributed by atoms with Crippen LogP contribution >= 0.6 is 0 Å². The van der Waals surface area contributed by atoms with E-state index in [0.717, 1.165) is 37.2 Å². The molecule has 134 valence electrons. The molecular weight excluding hydrogens is 300 g/mol. The molecule has 0 spiro atoms. The third-order valence-electron chi connectivity index (χ3n) is 5.63. The first kappa shape index (κ1) is 17.6. The van der Waals surface area contributed by atoms with Gasteiger partial charge in [-0.3, -0.25) is 9.80 Å². The number of rotatable bonds is 5. The van der Waals surface area contributed by atoms with Crippen LogP contribution in [0.25, 0.3) is 0 Å². The Morgan fingerprint density at radius 3 is 2.25 bits per heavy atom. The van der Waals surface area contributed by atoms with Gasteiger partial charge in [0.2, 0.25) is 0 Å². The summed E-state index contributed by atoms with van der Waals surface area (Å²) in [6.07, 6.45) is 8.53. The highest BCUT2D eigenvalue weighted by atomic mass is 16.5. The van der Waals surface area contributed by atoms with Crippen molar-refractivity contribution in [1.82, 2.24) is 9.80 Å². The molecule has 24 heavy (non-hydrogen) atoms. The quantitative estimate of drug-likeness (QED) is 0.770. The van der Waals surface area contributed by atoms with Crippen molar-refractivity contribution in [2.24, 2.45) is 0 Å². The Morgan fingerprint density at radius 2 is 1.62 bits per heavy atom. The third kappa shape index (κ3) is 4.42. The summed E-state index contributed by atoms with van der Waals surface area (Å²) in [6, 6.07) is 6.92. The van der Waals surface area contributed by atoms with Crippen LogP contribution in [0, 0.1) is 0 Å². The summed E-state index contributed by atoms with van der Waals surface area (Å²) in [5.41, 5.74) is 1.22. The number of hydrogen-bond acceptors (Lipinski definition) is 4. The Labute approximate surface area is 146 Å². The predicted molar refractivity (Wildman–Crippen MR) is 97.9 cm³/mol. The molecule has 4 nitrogen and oxygen atoms in total. The smallest absolute Gasteiger partial charge is 0.123 e. The fraction of sp³-hybridized carbons (Fsp3) is 0.700. The molecule has 3 rings (SSSR count). The van der Waals surface area contributed by atoms with Crippen molar-refractivity contribution >= 4 is 0 Å². The number of nitrogens with zero attached hydrogens (tertiary/aromatic N) is 2. The molecular formula is C20H32N2O2. The fourth-order valence-corrected chi connectivity index (χ4v) is 4.16. The summed E-state index contributed by atoms with van der Waals surface area (Å²) >= 11 is 0. The summed E-state index contributed by atoms with van der Waals surface area (Å²) in [6.45, 7) is 5.65. The summed E-state index contributed by atoms with van der Waals surface area (Å²) in [4.78, 5) is 5.29. The van der Waals surface area contributed by atoms with Gasteiger partial charge >= 0.3 is 0 Å². The van der Waals surface area contributed by atoms with E-state index in [2.05, 4.69) is 15.9 Å². The number of benzene rings is 1. The normalized spacial score (nSPS) is 21.4. The molecule has 1 aliphatic heterocycles. The third-order valence-corrected chi connectivity index (χ3v) is 5.63. The molecule has 1 aromatic carbocycles. The van der Waals surface area contributed by atoms with Crippen molar-refractivity contribution in [1.29, 1.82) is 0 Å². The molecule has 0 aromatic heterocycles. The minimum Gasteiger partial charge on any atom is -0.497 e. The first-order chi connectivity index (χ1) is 11.8. The molecule has 0 atom stereocenters. The molecule has 1 saturated heterocycles. The SMILES string of the molecule is COc1ccc(OC)c(CN2CCN(C3CCCCCC3)CC2)c1. The van der Waals surface area contributed by atoms with Crippen molar-refractivity contribution in [3.63, 3.8) is 0 Å². The molecule has 2 aliphatic rings. The second-order valence-corrected chi connectivity index (χ2v) is 7.14. The van der Waals surface area contributed by atoms with Crippen molar-refractivity contribution in [3.8, 4) is 11.5 Å². The molecule has 1 aromatic rings. The largest absolute Gasteiger partial charge is 0.497 e.